The highest BCUT2D eigenvalue weighted by Gasteiger charge is 2.53. The van der Waals surface area contributed by atoms with Crippen LogP contribution >= 0.6 is 0 Å². The van der Waals surface area contributed by atoms with E-state index < -0.39 is 8.32 Å². The quantitative estimate of drug-likeness (QED) is 0.753. The highest BCUT2D eigenvalue weighted by atomic mass is 28.4. The van der Waals surface area contributed by atoms with Crippen molar-refractivity contribution in [3.8, 4) is 0 Å². The van der Waals surface area contributed by atoms with Crippen LogP contribution in [0.1, 0.15) is 47.1 Å². The fraction of sp³-hybridized carbons (Fsp3) is 0.600. The highest BCUT2D eigenvalue weighted by Crippen LogP contribution is 2.48. The maximum Gasteiger partial charge on any atom is 0.230 e. The van der Waals surface area contributed by atoms with E-state index in [0.717, 1.165) is 5.19 Å². The van der Waals surface area contributed by atoms with Crippen LogP contribution in [0.5, 0.6) is 0 Å². The lowest BCUT2D eigenvalue weighted by molar-refractivity contribution is 0.431. The van der Waals surface area contributed by atoms with E-state index >= 15 is 0 Å². The van der Waals surface area contributed by atoms with Gasteiger partial charge in [-0.3, -0.25) is 0 Å². The molecule has 0 atom stereocenters. The Morgan fingerprint density at radius 2 is 1.18 bits per heavy atom. The van der Waals surface area contributed by atoms with Crippen molar-refractivity contribution < 1.29 is 4.80 Å². The lowest BCUT2D eigenvalue weighted by atomic mass is 10.2. The van der Waals surface area contributed by atoms with E-state index in [1.54, 1.807) is 0 Å². The van der Waals surface area contributed by atoms with Gasteiger partial charge < -0.3 is 4.80 Å². The van der Waals surface area contributed by atoms with Gasteiger partial charge in [0, 0.05) is 0 Å². The monoisotopic (exact) mass is 250 g/mol. The van der Waals surface area contributed by atoms with E-state index in [9.17, 15) is 4.80 Å². The number of aryl methyl sites for hydroxylation is 1. The van der Waals surface area contributed by atoms with E-state index in [4.69, 9.17) is 0 Å². The molecule has 1 rings (SSSR count). The molecule has 0 fully saturated rings. The molecule has 0 spiro atoms. The van der Waals surface area contributed by atoms with Crippen LogP contribution in [0.4, 0.5) is 0 Å². The Morgan fingerprint density at radius 3 is 1.47 bits per heavy atom. The van der Waals surface area contributed by atoms with Crippen molar-refractivity contribution in [3.63, 3.8) is 0 Å². The van der Waals surface area contributed by atoms with Gasteiger partial charge in [0.2, 0.25) is 8.32 Å². The van der Waals surface area contributed by atoms with E-state index in [1.807, 2.05) is 0 Å². The zero-order valence-electron chi connectivity index (χ0n) is 12.3. The molecule has 0 amide bonds. The molecule has 0 heterocycles. The van der Waals surface area contributed by atoms with Crippen LogP contribution in [-0.4, -0.2) is 13.1 Å². The van der Waals surface area contributed by atoms with Crippen molar-refractivity contribution in [2.45, 2.75) is 58.5 Å². The largest absolute Gasteiger partial charge is 0.426 e. The number of hydrogen-bond donors (Lipinski definition) is 1. The molecule has 0 aromatic heterocycles. The summed E-state index contributed by atoms with van der Waals surface area (Å²) in [5, 5.41) is 1.00. The fourth-order valence-electron chi connectivity index (χ4n) is 2.79. The molecule has 17 heavy (non-hydrogen) atoms. The first-order valence-corrected chi connectivity index (χ1v) is 8.24. The molecule has 0 radical (unpaired) electrons. The summed E-state index contributed by atoms with van der Waals surface area (Å²) in [5.41, 5.74) is 1.24. The molecular formula is C15H26OSi. The van der Waals surface area contributed by atoms with Gasteiger partial charge in [0.1, 0.15) is 0 Å². The first-order chi connectivity index (χ1) is 7.50. The second-order valence-corrected chi connectivity index (χ2v) is 12.1. The average molecular weight is 250 g/mol. The standard InChI is InChI=1S/C15H26OSi/c1-12-8-10-13(11-9-12)17(16,14(2,3)4)15(5,6)7/h8-11,16H,1-7H3. The maximum absolute atomic E-state index is 11.4. The molecule has 0 unspecified atom stereocenters. The normalized spacial score (nSPS) is 13.9. The van der Waals surface area contributed by atoms with E-state index in [1.165, 1.54) is 5.56 Å². The summed E-state index contributed by atoms with van der Waals surface area (Å²) >= 11 is 0. The molecule has 1 aromatic carbocycles. The van der Waals surface area contributed by atoms with E-state index in [0.29, 0.717) is 0 Å². The number of hydrogen-bond acceptors (Lipinski definition) is 1. The maximum atomic E-state index is 11.4. The Hall–Kier alpha value is -0.603. The van der Waals surface area contributed by atoms with Crippen molar-refractivity contribution in [2.24, 2.45) is 0 Å². The number of benzene rings is 1. The third-order valence-corrected chi connectivity index (χ3v) is 9.15. The van der Waals surface area contributed by atoms with Crippen LogP contribution in [0.25, 0.3) is 0 Å². The Bertz CT molecular complexity index is 365. The predicted octanol–water partition coefficient (Wildman–Crippen LogP) is 3.74. The Morgan fingerprint density at radius 1 is 0.824 bits per heavy atom. The lowest BCUT2D eigenvalue weighted by Gasteiger charge is -2.47. The van der Waals surface area contributed by atoms with Gasteiger partial charge in [-0.2, -0.15) is 0 Å². The topological polar surface area (TPSA) is 20.2 Å². The highest BCUT2D eigenvalue weighted by molar-refractivity contribution is 6.90. The first kappa shape index (κ1) is 14.5. The van der Waals surface area contributed by atoms with Gasteiger partial charge >= 0.3 is 0 Å². The summed E-state index contributed by atoms with van der Waals surface area (Å²) in [6.45, 7) is 15.0. The van der Waals surface area contributed by atoms with Crippen LogP contribution in [0.3, 0.4) is 0 Å². The fourth-order valence-corrected chi connectivity index (χ4v) is 7.42. The van der Waals surface area contributed by atoms with Crippen LogP contribution in [-0.2, 0) is 0 Å². The van der Waals surface area contributed by atoms with Crippen LogP contribution in [0, 0.1) is 6.92 Å². The van der Waals surface area contributed by atoms with Gasteiger partial charge in [-0.15, -0.1) is 0 Å². The average Bonchev–Trinajstić information content (AvgIpc) is 2.14. The van der Waals surface area contributed by atoms with E-state index in [2.05, 4.69) is 72.7 Å². The molecule has 1 N–H and O–H groups in total. The Balaban J connectivity index is 3.41. The molecule has 0 aliphatic carbocycles. The van der Waals surface area contributed by atoms with Gasteiger partial charge in [-0.25, -0.2) is 0 Å². The number of rotatable bonds is 1. The molecule has 0 bridgehead atoms. The van der Waals surface area contributed by atoms with Crippen molar-refractivity contribution in [2.75, 3.05) is 0 Å². The van der Waals surface area contributed by atoms with Crippen molar-refractivity contribution in [1.82, 2.24) is 0 Å². The Labute approximate surface area is 107 Å². The minimum Gasteiger partial charge on any atom is -0.426 e. The summed E-state index contributed by atoms with van der Waals surface area (Å²) in [7, 11) is -2.55. The van der Waals surface area contributed by atoms with Crippen molar-refractivity contribution in [1.29, 1.82) is 0 Å². The summed E-state index contributed by atoms with van der Waals surface area (Å²) < 4.78 is 0. The molecule has 2 heteroatoms. The summed E-state index contributed by atoms with van der Waals surface area (Å²) in [5.74, 6) is 0. The van der Waals surface area contributed by atoms with Gasteiger partial charge in [-0.05, 0) is 22.2 Å². The zero-order valence-corrected chi connectivity index (χ0v) is 13.3. The third-order valence-electron chi connectivity index (χ3n) is 3.64. The molecule has 0 saturated carbocycles. The summed E-state index contributed by atoms with van der Waals surface area (Å²) in [6, 6.07) is 8.42. The second-order valence-electron chi connectivity index (χ2n) is 7.08. The summed E-state index contributed by atoms with van der Waals surface area (Å²) in [4.78, 5) is 11.4. The third kappa shape index (κ3) is 2.48. The van der Waals surface area contributed by atoms with Gasteiger partial charge in [-0.1, -0.05) is 71.4 Å². The molecule has 1 nitrogen and oxygen atoms in total. The zero-order chi connectivity index (χ0) is 13.5. The van der Waals surface area contributed by atoms with Gasteiger partial charge in [0.15, 0.2) is 0 Å². The summed E-state index contributed by atoms with van der Waals surface area (Å²) in [6.07, 6.45) is 0. The molecule has 1 aromatic rings. The lowest BCUT2D eigenvalue weighted by Crippen LogP contribution is -2.61. The molecule has 0 aliphatic rings. The van der Waals surface area contributed by atoms with Gasteiger partial charge in [0.05, 0.1) is 0 Å². The van der Waals surface area contributed by atoms with Gasteiger partial charge in [0.25, 0.3) is 0 Å². The Kier molecular flexibility index (Phi) is 3.62. The predicted molar refractivity (Wildman–Crippen MR) is 78.2 cm³/mol. The molecule has 0 aliphatic heterocycles. The van der Waals surface area contributed by atoms with Crippen molar-refractivity contribution >= 4 is 13.5 Å². The minimum atomic E-state index is -2.55. The SMILES string of the molecule is Cc1ccc([Si](O)(C(C)(C)C)C(C)(C)C)cc1. The van der Waals surface area contributed by atoms with Crippen LogP contribution in [0.15, 0.2) is 24.3 Å². The molecular weight excluding hydrogens is 224 g/mol. The van der Waals surface area contributed by atoms with Crippen LogP contribution < -0.4 is 5.19 Å². The van der Waals surface area contributed by atoms with Crippen LogP contribution in [0.2, 0.25) is 10.1 Å². The van der Waals surface area contributed by atoms with Crippen molar-refractivity contribution in [3.05, 3.63) is 29.8 Å². The molecule has 96 valence electrons. The van der Waals surface area contributed by atoms with E-state index in [-0.39, 0.29) is 10.1 Å². The second kappa shape index (κ2) is 4.25. The smallest absolute Gasteiger partial charge is 0.230 e. The molecule has 0 saturated heterocycles. The first-order valence-electron chi connectivity index (χ1n) is 6.29. The minimum absolute atomic E-state index is 0.0689.